The Morgan fingerprint density at radius 3 is 2.89 bits per heavy atom. The second-order valence-electron chi connectivity index (χ2n) is 3.91. The number of hydrogen-bond acceptors (Lipinski definition) is 4. The molecule has 0 aromatic carbocycles. The molecule has 0 aliphatic heterocycles. The molecule has 0 bridgehead atoms. The largest absolute Gasteiger partial charge is 0.466 e. The molecule has 1 aromatic heterocycles. The maximum absolute atomic E-state index is 11.4. The highest BCUT2D eigenvalue weighted by molar-refractivity contribution is 5.91. The topological polar surface area (TPSA) is 68.5 Å². The van der Waals surface area contributed by atoms with Gasteiger partial charge >= 0.3 is 5.97 Å². The van der Waals surface area contributed by atoms with Crippen molar-refractivity contribution < 1.29 is 18.7 Å². The van der Waals surface area contributed by atoms with E-state index in [1.54, 1.807) is 12.1 Å². The van der Waals surface area contributed by atoms with Crippen molar-refractivity contribution in [3.05, 3.63) is 24.2 Å². The molecule has 1 aromatic rings. The second-order valence-corrected chi connectivity index (χ2v) is 3.91. The van der Waals surface area contributed by atoms with Crippen LogP contribution in [0.15, 0.2) is 22.8 Å². The molecule has 1 N–H and O–H groups in total. The van der Waals surface area contributed by atoms with Crippen molar-refractivity contribution in [1.82, 2.24) is 5.32 Å². The smallest absolute Gasteiger partial charge is 0.307 e. The van der Waals surface area contributed by atoms with E-state index < -0.39 is 0 Å². The predicted molar refractivity (Wildman–Crippen MR) is 66.1 cm³/mol. The molecular weight excluding hydrogens is 234 g/mol. The van der Waals surface area contributed by atoms with Crippen LogP contribution in [0.4, 0.5) is 0 Å². The van der Waals surface area contributed by atoms with Gasteiger partial charge < -0.3 is 14.5 Å². The number of furan rings is 1. The van der Waals surface area contributed by atoms with Crippen LogP contribution in [0.1, 0.15) is 43.2 Å². The molecule has 0 aliphatic carbocycles. The third kappa shape index (κ3) is 5.52. The van der Waals surface area contributed by atoms with Gasteiger partial charge in [-0.15, -0.1) is 0 Å². The minimum atomic E-state index is -0.321. The Morgan fingerprint density at radius 1 is 1.39 bits per heavy atom. The van der Waals surface area contributed by atoms with E-state index in [-0.39, 0.29) is 30.6 Å². The third-order valence-corrected chi connectivity index (χ3v) is 2.37. The summed E-state index contributed by atoms with van der Waals surface area (Å²) in [5, 5.41) is 2.58. The van der Waals surface area contributed by atoms with Gasteiger partial charge in [-0.2, -0.15) is 0 Å². The second kappa shape index (κ2) is 8.33. The molecule has 0 radical (unpaired) electrons. The van der Waals surface area contributed by atoms with Crippen molar-refractivity contribution >= 4 is 11.9 Å². The third-order valence-electron chi connectivity index (χ3n) is 2.37. The number of carbonyl (C=O) groups excluding carboxylic acids is 2. The standard InChI is InChI=1S/C13H19NO4/c1-2-3-4-9-18-12(15)7-8-14-13(16)11-6-5-10-17-11/h5-6,10H,2-4,7-9H2,1H3,(H,14,16). The van der Waals surface area contributed by atoms with Crippen LogP contribution in [-0.2, 0) is 9.53 Å². The van der Waals surface area contributed by atoms with Crippen molar-refractivity contribution in [1.29, 1.82) is 0 Å². The van der Waals surface area contributed by atoms with Crippen LogP contribution in [-0.4, -0.2) is 25.0 Å². The molecule has 18 heavy (non-hydrogen) atoms. The van der Waals surface area contributed by atoms with Gasteiger partial charge in [0.1, 0.15) is 0 Å². The molecule has 1 rings (SSSR count). The Balaban J connectivity index is 2.07. The number of nitrogens with one attached hydrogen (secondary N) is 1. The van der Waals surface area contributed by atoms with Gasteiger partial charge in [0.15, 0.2) is 5.76 Å². The number of ether oxygens (including phenoxy) is 1. The van der Waals surface area contributed by atoms with Gasteiger partial charge in [-0.1, -0.05) is 19.8 Å². The van der Waals surface area contributed by atoms with Crippen LogP contribution in [0, 0.1) is 0 Å². The first-order valence-corrected chi connectivity index (χ1v) is 6.21. The highest BCUT2D eigenvalue weighted by Gasteiger charge is 2.08. The maximum Gasteiger partial charge on any atom is 0.307 e. The Bertz CT molecular complexity index is 359. The first kappa shape index (κ1) is 14.3. The van der Waals surface area contributed by atoms with E-state index >= 15 is 0 Å². The quantitative estimate of drug-likeness (QED) is 0.569. The van der Waals surface area contributed by atoms with Crippen LogP contribution in [0.25, 0.3) is 0 Å². The summed E-state index contributed by atoms with van der Waals surface area (Å²) in [5.41, 5.74) is 0. The molecule has 0 fully saturated rings. The molecule has 1 heterocycles. The summed E-state index contributed by atoms with van der Waals surface area (Å²) in [7, 11) is 0. The van der Waals surface area contributed by atoms with Crippen molar-refractivity contribution in [2.75, 3.05) is 13.2 Å². The molecule has 0 saturated heterocycles. The van der Waals surface area contributed by atoms with E-state index in [0.29, 0.717) is 6.61 Å². The molecule has 5 heteroatoms. The number of esters is 1. The van der Waals surface area contributed by atoms with Crippen molar-refractivity contribution in [2.45, 2.75) is 32.6 Å². The molecule has 0 aliphatic rings. The maximum atomic E-state index is 11.4. The lowest BCUT2D eigenvalue weighted by atomic mass is 10.3. The minimum absolute atomic E-state index is 0.179. The molecule has 0 spiro atoms. The Hall–Kier alpha value is -1.78. The van der Waals surface area contributed by atoms with E-state index in [2.05, 4.69) is 12.2 Å². The molecule has 0 atom stereocenters. The van der Waals surface area contributed by atoms with Gasteiger partial charge in [-0.3, -0.25) is 9.59 Å². The highest BCUT2D eigenvalue weighted by Crippen LogP contribution is 1.99. The predicted octanol–water partition coefficient (Wildman–Crippen LogP) is 2.13. The molecular formula is C13H19NO4. The number of unbranched alkanes of at least 4 members (excludes halogenated alkanes) is 2. The normalized spacial score (nSPS) is 10.1. The van der Waals surface area contributed by atoms with E-state index in [0.717, 1.165) is 19.3 Å². The molecule has 1 amide bonds. The van der Waals surface area contributed by atoms with Crippen LogP contribution in [0.5, 0.6) is 0 Å². The number of amides is 1. The van der Waals surface area contributed by atoms with Crippen LogP contribution >= 0.6 is 0 Å². The SMILES string of the molecule is CCCCCOC(=O)CCNC(=O)c1ccco1. The summed E-state index contributed by atoms with van der Waals surface area (Å²) in [6, 6.07) is 3.20. The van der Waals surface area contributed by atoms with E-state index in [4.69, 9.17) is 9.15 Å². The van der Waals surface area contributed by atoms with Crippen LogP contribution < -0.4 is 5.32 Å². The van der Waals surface area contributed by atoms with Gasteiger partial charge in [0, 0.05) is 6.54 Å². The molecule has 5 nitrogen and oxygen atoms in total. The summed E-state index contributed by atoms with van der Waals surface area (Å²) in [4.78, 5) is 22.7. The fourth-order valence-corrected chi connectivity index (χ4v) is 1.38. The van der Waals surface area contributed by atoms with Crippen molar-refractivity contribution in [2.24, 2.45) is 0 Å². The average Bonchev–Trinajstić information content (AvgIpc) is 2.88. The van der Waals surface area contributed by atoms with Crippen molar-refractivity contribution in [3.63, 3.8) is 0 Å². The fraction of sp³-hybridized carbons (Fsp3) is 0.538. The van der Waals surface area contributed by atoms with E-state index in [1.807, 2.05) is 0 Å². The molecule has 0 saturated carbocycles. The first-order chi connectivity index (χ1) is 8.74. The van der Waals surface area contributed by atoms with Crippen molar-refractivity contribution in [3.8, 4) is 0 Å². The Labute approximate surface area is 106 Å². The average molecular weight is 253 g/mol. The van der Waals surface area contributed by atoms with Crippen LogP contribution in [0.2, 0.25) is 0 Å². The van der Waals surface area contributed by atoms with Crippen LogP contribution in [0.3, 0.4) is 0 Å². The number of hydrogen-bond donors (Lipinski definition) is 1. The zero-order valence-electron chi connectivity index (χ0n) is 10.6. The Kier molecular flexibility index (Phi) is 6.61. The van der Waals surface area contributed by atoms with E-state index in [1.165, 1.54) is 6.26 Å². The number of rotatable bonds is 8. The molecule has 100 valence electrons. The van der Waals surface area contributed by atoms with Gasteiger partial charge in [-0.25, -0.2) is 0 Å². The summed E-state index contributed by atoms with van der Waals surface area (Å²) in [5.74, 6) is -0.365. The Morgan fingerprint density at radius 2 is 2.22 bits per heavy atom. The first-order valence-electron chi connectivity index (χ1n) is 6.21. The summed E-state index contributed by atoms with van der Waals surface area (Å²) >= 11 is 0. The number of carbonyl (C=O) groups is 2. The highest BCUT2D eigenvalue weighted by atomic mass is 16.5. The monoisotopic (exact) mass is 253 g/mol. The summed E-state index contributed by atoms with van der Waals surface area (Å²) in [6.07, 6.45) is 4.65. The fourth-order valence-electron chi connectivity index (χ4n) is 1.38. The lowest BCUT2D eigenvalue weighted by molar-refractivity contribution is -0.143. The summed E-state index contributed by atoms with van der Waals surface area (Å²) < 4.78 is 9.92. The lowest BCUT2D eigenvalue weighted by Gasteiger charge is -2.05. The van der Waals surface area contributed by atoms with Gasteiger partial charge in [0.2, 0.25) is 0 Å². The zero-order valence-corrected chi connectivity index (χ0v) is 10.6. The minimum Gasteiger partial charge on any atom is -0.466 e. The molecule has 0 unspecified atom stereocenters. The lowest BCUT2D eigenvalue weighted by Crippen LogP contribution is -2.26. The van der Waals surface area contributed by atoms with E-state index in [9.17, 15) is 9.59 Å². The zero-order chi connectivity index (χ0) is 13.2. The van der Waals surface area contributed by atoms with Gasteiger partial charge in [0.25, 0.3) is 5.91 Å². The van der Waals surface area contributed by atoms with Gasteiger partial charge in [0.05, 0.1) is 19.3 Å². The summed E-state index contributed by atoms with van der Waals surface area (Å²) in [6.45, 7) is 2.80. The van der Waals surface area contributed by atoms with Gasteiger partial charge in [-0.05, 0) is 18.6 Å².